The zero-order chi connectivity index (χ0) is 16.3. The minimum Gasteiger partial charge on any atom is -0.355 e. The molecule has 1 aliphatic rings. The second-order valence-electron chi connectivity index (χ2n) is 6.60. The van der Waals surface area contributed by atoms with Crippen LogP contribution in [-0.4, -0.2) is 41.1 Å². The lowest BCUT2D eigenvalue weighted by atomic mass is 9.98. The van der Waals surface area contributed by atoms with E-state index in [1.165, 1.54) is 19.3 Å². The first-order valence-corrected chi connectivity index (χ1v) is 8.98. The van der Waals surface area contributed by atoms with Crippen molar-refractivity contribution in [2.45, 2.75) is 38.6 Å². The highest BCUT2D eigenvalue weighted by molar-refractivity contribution is 7.13. The van der Waals surface area contributed by atoms with Crippen molar-refractivity contribution in [2.75, 3.05) is 19.6 Å². The van der Waals surface area contributed by atoms with Crippen LogP contribution in [0.5, 0.6) is 0 Å². The Bertz CT molecular complexity index is 643. The minimum absolute atomic E-state index is 0.0452. The average Bonchev–Trinajstić information content (AvgIpc) is 3.24. The van der Waals surface area contributed by atoms with Crippen LogP contribution >= 0.6 is 11.3 Å². The normalized spacial score (nSPS) is 16.4. The van der Waals surface area contributed by atoms with E-state index < -0.39 is 0 Å². The van der Waals surface area contributed by atoms with Crippen molar-refractivity contribution in [3.63, 3.8) is 0 Å². The summed E-state index contributed by atoms with van der Waals surface area (Å²) in [5.41, 5.74) is 0.291. The van der Waals surface area contributed by atoms with Gasteiger partial charge in [-0.3, -0.25) is 9.69 Å². The zero-order valence-electron chi connectivity index (χ0n) is 13.7. The van der Waals surface area contributed by atoms with Gasteiger partial charge in [0.15, 0.2) is 11.5 Å². The van der Waals surface area contributed by atoms with E-state index in [4.69, 9.17) is 4.52 Å². The molecule has 0 atom stereocenters. The molecule has 0 radical (unpaired) electrons. The molecule has 6 heteroatoms. The Morgan fingerprint density at radius 2 is 2.17 bits per heavy atom. The molecule has 5 nitrogen and oxygen atoms in total. The van der Waals surface area contributed by atoms with Crippen LogP contribution in [0.2, 0.25) is 0 Å². The van der Waals surface area contributed by atoms with E-state index in [-0.39, 0.29) is 11.4 Å². The summed E-state index contributed by atoms with van der Waals surface area (Å²) in [6, 6.07) is 5.60. The molecular weight excluding hydrogens is 310 g/mol. The summed E-state index contributed by atoms with van der Waals surface area (Å²) in [6.07, 6.45) is 3.79. The van der Waals surface area contributed by atoms with Crippen molar-refractivity contribution < 1.29 is 9.32 Å². The maximum Gasteiger partial charge on any atom is 0.273 e. The number of likely N-dealkylation sites (tertiary alicyclic amines) is 1. The Kier molecular flexibility index (Phi) is 4.82. The van der Waals surface area contributed by atoms with E-state index in [1.54, 1.807) is 17.4 Å². The van der Waals surface area contributed by atoms with Crippen LogP contribution in [-0.2, 0) is 0 Å². The number of nitrogens with zero attached hydrogens (tertiary/aromatic N) is 2. The number of amides is 1. The molecule has 124 valence electrons. The van der Waals surface area contributed by atoms with Gasteiger partial charge in [-0.1, -0.05) is 17.6 Å². The van der Waals surface area contributed by atoms with Crippen molar-refractivity contribution in [2.24, 2.45) is 0 Å². The average molecular weight is 333 g/mol. The van der Waals surface area contributed by atoms with E-state index in [0.29, 0.717) is 18.0 Å². The van der Waals surface area contributed by atoms with Gasteiger partial charge in [0.1, 0.15) is 0 Å². The van der Waals surface area contributed by atoms with Gasteiger partial charge in [0.2, 0.25) is 0 Å². The van der Waals surface area contributed by atoms with Crippen molar-refractivity contribution in [3.05, 3.63) is 29.3 Å². The van der Waals surface area contributed by atoms with Gasteiger partial charge >= 0.3 is 0 Å². The molecule has 1 saturated heterocycles. The number of carbonyl (C=O) groups is 1. The first-order chi connectivity index (χ1) is 11.1. The predicted molar refractivity (Wildman–Crippen MR) is 91.7 cm³/mol. The van der Waals surface area contributed by atoms with Gasteiger partial charge in [-0.2, -0.15) is 0 Å². The van der Waals surface area contributed by atoms with E-state index >= 15 is 0 Å². The van der Waals surface area contributed by atoms with Crippen molar-refractivity contribution >= 4 is 17.2 Å². The summed E-state index contributed by atoms with van der Waals surface area (Å²) in [4.78, 5) is 15.7. The summed E-state index contributed by atoms with van der Waals surface area (Å²) in [6.45, 7) is 7.18. The Labute approximate surface area is 140 Å². The molecule has 0 spiro atoms. The van der Waals surface area contributed by atoms with Gasteiger partial charge in [0.05, 0.1) is 4.88 Å². The summed E-state index contributed by atoms with van der Waals surface area (Å²) in [5, 5.41) is 8.86. The third-order valence-corrected chi connectivity index (χ3v) is 5.28. The number of piperidine rings is 1. The van der Waals surface area contributed by atoms with Gasteiger partial charge in [0, 0.05) is 18.2 Å². The van der Waals surface area contributed by atoms with Crippen LogP contribution in [0.4, 0.5) is 0 Å². The standard InChI is InChI=1S/C17H23N3O2S/c1-17(2,20-8-4-3-5-9-20)12-18-16(21)13-11-14(22-19-13)15-7-6-10-23-15/h6-7,10-11H,3-5,8-9,12H2,1-2H3,(H,18,21). The Hall–Kier alpha value is -1.66. The number of rotatable bonds is 5. The molecule has 2 aromatic heterocycles. The maximum atomic E-state index is 12.3. The first kappa shape index (κ1) is 16.2. The van der Waals surface area contributed by atoms with E-state index in [9.17, 15) is 4.79 Å². The van der Waals surface area contributed by atoms with Crippen LogP contribution in [0.15, 0.2) is 28.1 Å². The zero-order valence-corrected chi connectivity index (χ0v) is 14.5. The van der Waals surface area contributed by atoms with Gasteiger partial charge < -0.3 is 9.84 Å². The smallest absolute Gasteiger partial charge is 0.273 e. The molecule has 23 heavy (non-hydrogen) atoms. The van der Waals surface area contributed by atoms with Gasteiger partial charge in [-0.25, -0.2) is 0 Å². The quantitative estimate of drug-likeness (QED) is 0.911. The molecule has 3 heterocycles. The first-order valence-electron chi connectivity index (χ1n) is 8.10. The van der Waals surface area contributed by atoms with Gasteiger partial charge in [-0.05, 0) is 51.2 Å². The molecule has 0 saturated carbocycles. The van der Waals surface area contributed by atoms with Gasteiger partial charge in [0.25, 0.3) is 5.91 Å². The number of aromatic nitrogens is 1. The van der Waals surface area contributed by atoms with Crippen LogP contribution in [0, 0.1) is 0 Å². The molecule has 1 aliphatic heterocycles. The van der Waals surface area contributed by atoms with Crippen molar-refractivity contribution in [3.8, 4) is 10.6 Å². The molecule has 0 aliphatic carbocycles. The molecular formula is C17H23N3O2S. The Morgan fingerprint density at radius 1 is 1.39 bits per heavy atom. The molecule has 0 bridgehead atoms. The molecule has 2 aromatic rings. The Balaban J connectivity index is 1.58. The minimum atomic E-state index is -0.179. The van der Waals surface area contributed by atoms with Crippen LogP contribution in [0.1, 0.15) is 43.6 Å². The van der Waals surface area contributed by atoms with Crippen molar-refractivity contribution in [1.82, 2.24) is 15.4 Å². The van der Waals surface area contributed by atoms with Gasteiger partial charge in [-0.15, -0.1) is 11.3 Å². The van der Waals surface area contributed by atoms with Crippen LogP contribution in [0.25, 0.3) is 10.6 Å². The lowest BCUT2D eigenvalue weighted by molar-refractivity contribution is 0.0792. The lowest BCUT2D eigenvalue weighted by Crippen LogP contribution is -2.53. The topological polar surface area (TPSA) is 58.4 Å². The Morgan fingerprint density at radius 3 is 2.87 bits per heavy atom. The van der Waals surface area contributed by atoms with Crippen LogP contribution in [0.3, 0.4) is 0 Å². The summed E-state index contributed by atoms with van der Waals surface area (Å²) < 4.78 is 5.27. The summed E-state index contributed by atoms with van der Waals surface area (Å²) >= 11 is 1.57. The fourth-order valence-corrected chi connectivity index (χ4v) is 3.59. The summed E-state index contributed by atoms with van der Waals surface area (Å²) in [7, 11) is 0. The number of carbonyl (C=O) groups excluding carboxylic acids is 1. The maximum absolute atomic E-state index is 12.3. The fourth-order valence-electron chi connectivity index (χ4n) is 2.92. The monoisotopic (exact) mass is 333 g/mol. The van der Waals surface area contributed by atoms with E-state index in [1.807, 2.05) is 17.5 Å². The second kappa shape index (κ2) is 6.84. The number of hydrogen-bond acceptors (Lipinski definition) is 5. The highest BCUT2D eigenvalue weighted by Crippen LogP contribution is 2.25. The molecule has 1 fully saturated rings. The van der Waals surface area contributed by atoms with E-state index in [0.717, 1.165) is 18.0 Å². The third-order valence-electron chi connectivity index (χ3n) is 4.40. The molecule has 0 aromatic carbocycles. The largest absolute Gasteiger partial charge is 0.355 e. The number of hydrogen-bond donors (Lipinski definition) is 1. The third kappa shape index (κ3) is 3.82. The highest BCUT2D eigenvalue weighted by Gasteiger charge is 2.28. The second-order valence-corrected chi connectivity index (χ2v) is 7.54. The highest BCUT2D eigenvalue weighted by atomic mass is 32.1. The molecule has 1 amide bonds. The fraction of sp³-hybridized carbons (Fsp3) is 0.529. The lowest BCUT2D eigenvalue weighted by Gasteiger charge is -2.41. The van der Waals surface area contributed by atoms with Crippen molar-refractivity contribution in [1.29, 1.82) is 0 Å². The van der Waals surface area contributed by atoms with Crippen LogP contribution < -0.4 is 5.32 Å². The molecule has 1 N–H and O–H groups in total. The SMILES string of the molecule is CC(C)(CNC(=O)c1cc(-c2cccs2)on1)N1CCCCC1. The number of thiophene rings is 1. The summed E-state index contributed by atoms with van der Waals surface area (Å²) in [5.74, 6) is 0.460. The van der Waals surface area contributed by atoms with E-state index in [2.05, 4.69) is 29.2 Å². The number of nitrogens with one attached hydrogen (secondary N) is 1. The predicted octanol–water partition coefficient (Wildman–Crippen LogP) is 3.40. The molecule has 0 unspecified atom stereocenters. The molecule has 3 rings (SSSR count).